The fourth-order valence-corrected chi connectivity index (χ4v) is 11.7. The molecule has 0 radical (unpaired) electrons. The average Bonchev–Trinajstić information content (AvgIpc) is 3.57. The monoisotopic (exact) mass is 755 g/mol. The Balaban J connectivity index is 1.18. The third-order valence-corrected chi connectivity index (χ3v) is 14.2. The van der Waals surface area contributed by atoms with Crippen molar-refractivity contribution in [2.45, 2.75) is 44.6 Å². The van der Waals surface area contributed by atoms with Crippen LogP contribution in [0.25, 0.3) is 87.6 Å². The van der Waals surface area contributed by atoms with Crippen molar-refractivity contribution >= 4 is 54.5 Å². The molecule has 1 fully saturated rings. The van der Waals surface area contributed by atoms with Crippen LogP contribution < -0.4 is 4.90 Å². The minimum absolute atomic E-state index is 0.0314. The number of rotatable bonds is 5. The molecule has 10 aromatic carbocycles. The van der Waals surface area contributed by atoms with Crippen molar-refractivity contribution in [1.29, 1.82) is 0 Å². The van der Waals surface area contributed by atoms with E-state index in [-0.39, 0.29) is 5.54 Å². The Morgan fingerprint density at radius 2 is 1.00 bits per heavy atom. The summed E-state index contributed by atoms with van der Waals surface area (Å²) in [6.07, 6.45) is 3.73. The third kappa shape index (κ3) is 5.10. The molecule has 2 aliphatic rings. The second-order valence-corrected chi connectivity index (χ2v) is 17.4. The van der Waals surface area contributed by atoms with E-state index in [1.807, 2.05) is 0 Å². The first-order valence-corrected chi connectivity index (χ1v) is 21.4. The minimum Gasteiger partial charge on any atom is -0.335 e. The van der Waals surface area contributed by atoms with Crippen LogP contribution >= 0.6 is 0 Å². The lowest BCUT2D eigenvalue weighted by molar-refractivity contribution is 0.223. The molecule has 1 nitrogen and oxygen atoms in total. The fourth-order valence-electron chi connectivity index (χ4n) is 11.7. The number of para-hydroxylation sites is 1. The van der Waals surface area contributed by atoms with Crippen LogP contribution in [0.2, 0.25) is 0 Å². The Hall–Kier alpha value is -6.70. The van der Waals surface area contributed by atoms with Crippen molar-refractivity contribution in [3.8, 4) is 44.5 Å². The van der Waals surface area contributed by atoms with E-state index in [1.54, 1.807) is 0 Å². The lowest BCUT2D eigenvalue weighted by Gasteiger charge is -2.46. The van der Waals surface area contributed by atoms with Crippen LogP contribution in [-0.2, 0) is 0 Å². The molecule has 59 heavy (non-hydrogen) atoms. The lowest BCUT2D eigenvalue weighted by Crippen LogP contribution is -2.47. The summed E-state index contributed by atoms with van der Waals surface area (Å²) < 4.78 is 0. The molecule has 1 saturated carbocycles. The molecule has 0 saturated heterocycles. The zero-order valence-electron chi connectivity index (χ0n) is 33.6. The molecule has 0 aromatic heterocycles. The molecule has 1 aliphatic carbocycles. The molecule has 1 aliphatic heterocycles. The summed E-state index contributed by atoms with van der Waals surface area (Å²) in [6.45, 7) is 5.02. The predicted molar refractivity (Wildman–Crippen MR) is 252 cm³/mol. The molecule has 0 amide bonds. The van der Waals surface area contributed by atoms with Gasteiger partial charge in [-0.25, -0.2) is 0 Å². The van der Waals surface area contributed by atoms with E-state index in [0.29, 0.717) is 11.8 Å². The summed E-state index contributed by atoms with van der Waals surface area (Å²) in [5.41, 5.74) is 14.4. The van der Waals surface area contributed by atoms with Crippen LogP contribution in [0.1, 0.15) is 44.6 Å². The number of benzene rings is 10. The van der Waals surface area contributed by atoms with E-state index in [0.717, 1.165) is 0 Å². The van der Waals surface area contributed by atoms with Gasteiger partial charge in [-0.3, -0.25) is 0 Å². The Morgan fingerprint density at radius 3 is 1.66 bits per heavy atom. The SMILES string of the molecule is CC1CCCC2(C)C1c1cc(-c3cc(-c4ccccc4)c4ccc5c(-c6cccc7ccccc67)cc(-c6ccccc6)c6ccc3c4c65)ccc1N2c1ccccc1. The maximum Gasteiger partial charge on any atom is 0.0495 e. The summed E-state index contributed by atoms with van der Waals surface area (Å²) in [7, 11) is 0. The van der Waals surface area contributed by atoms with Gasteiger partial charge in [0.2, 0.25) is 0 Å². The molecule has 1 heteroatoms. The third-order valence-electron chi connectivity index (χ3n) is 14.2. The van der Waals surface area contributed by atoms with Crippen molar-refractivity contribution in [3.63, 3.8) is 0 Å². The molecule has 282 valence electrons. The van der Waals surface area contributed by atoms with E-state index >= 15 is 0 Å². The topological polar surface area (TPSA) is 3.24 Å². The van der Waals surface area contributed by atoms with Crippen molar-refractivity contribution in [1.82, 2.24) is 0 Å². The number of nitrogens with zero attached hydrogens (tertiary/aromatic N) is 1. The van der Waals surface area contributed by atoms with Crippen LogP contribution in [0.5, 0.6) is 0 Å². The summed E-state index contributed by atoms with van der Waals surface area (Å²) in [5.74, 6) is 1.05. The molecule has 0 bridgehead atoms. The quantitative estimate of drug-likeness (QED) is 0.158. The van der Waals surface area contributed by atoms with Gasteiger partial charge in [-0.15, -0.1) is 0 Å². The zero-order chi connectivity index (χ0) is 39.2. The second-order valence-electron chi connectivity index (χ2n) is 17.4. The van der Waals surface area contributed by atoms with Crippen molar-refractivity contribution in [2.24, 2.45) is 5.92 Å². The van der Waals surface area contributed by atoms with Crippen LogP contribution in [0.15, 0.2) is 188 Å². The molecular formula is C58H45N. The summed E-state index contributed by atoms with van der Waals surface area (Å²) >= 11 is 0. The number of fused-ring (bicyclic) bond motifs is 4. The van der Waals surface area contributed by atoms with Gasteiger partial charge in [0.15, 0.2) is 0 Å². The van der Waals surface area contributed by atoms with Gasteiger partial charge in [0.25, 0.3) is 0 Å². The van der Waals surface area contributed by atoms with Gasteiger partial charge in [-0.2, -0.15) is 0 Å². The molecular weight excluding hydrogens is 711 g/mol. The summed E-state index contributed by atoms with van der Waals surface area (Å²) in [6, 6.07) is 70.8. The van der Waals surface area contributed by atoms with Crippen LogP contribution in [-0.4, -0.2) is 5.54 Å². The molecule has 10 aromatic rings. The van der Waals surface area contributed by atoms with Gasteiger partial charge in [-0.1, -0.05) is 165 Å². The first-order chi connectivity index (χ1) is 29.1. The van der Waals surface area contributed by atoms with Crippen molar-refractivity contribution in [2.75, 3.05) is 4.90 Å². The molecule has 0 spiro atoms. The van der Waals surface area contributed by atoms with Crippen molar-refractivity contribution < 1.29 is 0 Å². The predicted octanol–water partition coefficient (Wildman–Crippen LogP) is 16.2. The largest absolute Gasteiger partial charge is 0.335 e. The second kappa shape index (κ2) is 13.2. The Kier molecular flexibility index (Phi) is 7.66. The first-order valence-electron chi connectivity index (χ1n) is 21.4. The highest BCUT2D eigenvalue weighted by Gasteiger charge is 2.52. The van der Waals surface area contributed by atoms with Gasteiger partial charge in [0.05, 0.1) is 0 Å². The molecule has 1 heterocycles. The van der Waals surface area contributed by atoms with E-state index in [2.05, 4.69) is 207 Å². The van der Waals surface area contributed by atoms with Gasteiger partial charge >= 0.3 is 0 Å². The smallest absolute Gasteiger partial charge is 0.0495 e. The van der Waals surface area contributed by atoms with Crippen LogP contribution in [0.3, 0.4) is 0 Å². The highest BCUT2D eigenvalue weighted by Crippen LogP contribution is 2.60. The van der Waals surface area contributed by atoms with Gasteiger partial charge in [-0.05, 0) is 155 Å². The Bertz CT molecular complexity index is 3210. The first kappa shape index (κ1) is 34.4. The van der Waals surface area contributed by atoms with Crippen molar-refractivity contribution in [3.05, 3.63) is 194 Å². The molecule has 3 unspecified atom stereocenters. The summed E-state index contributed by atoms with van der Waals surface area (Å²) in [5, 5.41) is 10.4. The lowest BCUT2D eigenvalue weighted by atomic mass is 9.67. The van der Waals surface area contributed by atoms with E-state index in [1.165, 1.54) is 124 Å². The summed E-state index contributed by atoms with van der Waals surface area (Å²) in [4.78, 5) is 2.69. The van der Waals surface area contributed by atoms with Crippen LogP contribution in [0, 0.1) is 5.92 Å². The maximum absolute atomic E-state index is 2.69. The Labute approximate surface area is 346 Å². The minimum atomic E-state index is 0.0314. The number of anilines is 2. The highest BCUT2D eigenvalue weighted by atomic mass is 15.2. The number of hydrogen-bond donors (Lipinski definition) is 0. The van der Waals surface area contributed by atoms with Gasteiger partial charge in [0.1, 0.15) is 0 Å². The average molecular weight is 756 g/mol. The maximum atomic E-state index is 2.69. The molecule has 12 rings (SSSR count). The Morgan fingerprint density at radius 1 is 0.458 bits per heavy atom. The molecule has 3 atom stereocenters. The molecule has 0 N–H and O–H groups in total. The van der Waals surface area contributed by atoms with Gasteiger partial charge in [0, 0.05) is 22.8 Å². The highest BCUT2D eigenvalue weighted by molar-refractivity contribution is 6.32. The van der Waals surface area contributed by atoms with Crippen LogP contribution in [0.4, 0.5) is 11.4 Å². The standard InChI is InChI=1S/C58H45N/c1-37-16-15-33-58(2)57(37)53-34-41(27-32-54(53)59(58)42-23-10-5-11-24-42)51-35-49(39-17-6-3-7-18-39)45-30-31-48-52(44-26-14-22-38-21-12-13-25-43(38)44)36-50(40-19-8-4-9-20-40)46-28-29-47(51)55(45)56(46)48/h3-14,17-32,34-37,57H,15-16,33H2,1-2H3. The van der Waals surface area contributed by atoms with Gasteiger partial charge < -0.3 is 4.90 Å². The normalized spacial score (nSPS) is 18.8. The fraction of sp³-hybridized carbons (Fsp3) is 0.138. The zero-order valence-corrected chi connectivity index (χ0v) is 33.6. The van der Waals surface area contributed by atoms with E-state index < -0.39 is 0 Å². The number of hydrogen-bond acceptors (Lipinski definition) is 1. The van der Waals surface area contributed by atoms with E-state index in [9.17, 15) is 0 Å². The van der Waals surface area contributed by atoms with E-state index in [4.69, 9.17) is 0 Å².